The van der Waals surface area contributed by atoms with Crippen LogP contribution in [-0.4, -0.2) is 47.0 Å². The summed E-state index contributed by atoms with van der Waals surface area (Å²) in [4.78, 5) is 0. The highest BCUT2D eigenvalue weighted by Crippen LogP contribution is 2.15. The summed E-state index contributed by atoms with van der Waals surface area (Å²) in [6.07, 6.45) is 2.26. The van der Waals surface area contributed by atoms with Crippen LogP contribution in [0.2, 0.25) is 0 Å². The molecule has 0 aromatic carbocycles. The molecule has 1 fully saturated rings. The Labute approximate surface area is 91.6 Å². The zero-order valence-electron chi connectivity index (χ0n) is 9.32. The highest BCUT2D eigenvalue weighted by molar-refractivity contribution is 7.88. The van der Waals surface area contributed by atoms with E-state index in [9.17, 15) is 8.42 Å². The molecule has 2 N–H and O–H groups in total. The third kappa shape index (κ3) is 5.46. The van der Waals surface area contributed by atoms with Crippen LogP contribution in [0, 0.1) is 5.92 Å². The Bertz CT molecular complexity index is 273. The number of hydrogen-bond donors (Lipinski definition) is 2. The lowest BCUT2D eigenvalue weighted by Gasteiger charge is -2.19. The van der Waals surface area contributed by atoms with E-state index in [4.69, 9.17) is 4.74 Å². The molecule has 2 unspecified atom stereocenters. The van der Waals surface area contributed by atoms with E-state index in [2.05, 4.69) is 17.0 Å². The van der Waals surface area contributed by atoms with Crippen molar-refractivity contribution in [3.8, 4) is 0 Å². The average Bonchev–Trinajstić information content (AvgIpc) is 2.63. The molecule has 2 atom stereocenters. The summed E-state index contributed by atoms with van der Waals surface area (Å²) in [5.74, 6) is 0.559. The molecule has 90 valence electrons. The first kappa shape index (κ1) is 12.9. The lowest BCUT2D eigenvalue weighted by molar-refractivity contribution is 0.178. The number of hydrogen-bond acceptors (Lipinski definition) is 4. The first-order chi connectivity index (χ1) is 6.99. The predicted molar refractivity (Wildman–Crippen MR) is 59.2 cm³/mol. The van der Waals surface area contributed by atoms with E-state index in [0.29, 0.717) is 25.0 Å². The highest BCUT2D eigenvalue weighted by Gasteiger charge is 2.21. The van der Waals surface area contributed by atoms with Gasteiger partial charge in [-0.15, -0.1) is 0 Å². The van der Waals surface area contributed by atoms with Gasteiger partial charge < -0.3 is 10.1 Å². The Morgan fingerprint density at radius 3 is 2.73 bits per heavy atom. The van der Waals surface area contributed by atoms with Gasteiger partial charge in [0.05, 0.1) is 12.9 Å². The fourth-order valence-electron chi connectivity index (χ4n) is 1.65. The van der Waals surface area contributed by atoms with Gasteiger partial charge in [0.1, 0.15) is 0 Å². The lowest BCUT2D eigenvalue weighted by atomic mass is 10.0. The molecule has 0 radical (unpaired) electrons. The maximum Gasteiger partial charge on any atom is 0.208 e. The second-order valence-corrected chi connectivity index (χ2v) is 5.87. The first-order valence-electron chi connectivity index (χ1n) is 5.25. The predicted octanol–water partition coefficient (Wildman–Crippen LogP) is -0.450. The zero-order valence-corrected chi connectivity index (χ0v) is 10.1. The van der Waals surface area contributed by atoms with Crippen LogP contribution < -0.4 is 10.0 Å². The van der Waals surface area contributed by atoms with Gasteiger partial charge >= 0.3 is 0 Å². The molecule has 0 spiro atoms. The smallest absolute Gasteiger partial charge is 0.208 e. The van der Waals surface area contributed by atoms with Crippen LogP contribution in [0.3, 0.4) is 0 Å². The van der Waals surface area contributed by atoms with Crippen LogP contribution in [0.4, 0.5) is 0 Å². The third-order valence-corrected chi connectivity index (χ3v) is 3.36. The minimum atomic E-state index is -3.06. The van der Waals surface area contributed by atoms with Crippen molar-refractivity contribution in [2.24, 2.45) is 5.92 Å². The maximum absolute atomic E-state index is 10.8. The number of nitrogens with one attached hydrogen (secondary N) is 2. The molecule has 0 aromatic rings. The molecular formula is C9H20N2O3S. The van der Waals surface area contributed by atoms with Crippen molar-refractivity contribution in [2.45, 2.75) is 19.4 Å². The maximum atomic E-state index is 10.8. The zero-order chi connectivity index (χ0) is 11.3. The molecule has 1 rings (SSSR count). The largest absolute Gasteiger partial charge is 0.381 e. The van der Waals surface area contributed by atoms with Gasteiger partial charge in [-0.1, -0.05) is 0 Å². The SMILES string of the molecule is CC(NCCNS(C)(=O)=O)C1CCOC1. The van der Waals surface area contributed by atoms with Crippen molar-refractivity contribution in [3.05, 3.63) is 0 Å². The molecule has 0 aromatic heterocycles. The van der Waals surface area contributed by atoms with Crippen molar-refractivity contribution in [3.63, 3.8) is 0 Å². The standard InChI is InChI=1S/C9H20N2O3S/c1-8(9-3-6-14-7-9)10-4-5-11-15(2,12)13/h8-11H,3-7H2,1-2H3. The van der Waals surface area contributed by atoms with E-state index in [0.717, 1.165) is 19.6 Å². The van der Waals surface area contributed by atoms with Crippen molar-refractivity contribution in [1.82, 2.24) is 10.0 Å². The minimum Gasteiger partial charge on any atom is -0.381 e. The Kier molecular flexibility index (Phi) is 4.98. The van der Waals surface area contributed by atoms with Crippen molar-refractivity contribution < 1.29 is 13.2 Å². The molecular weight excluding hydrogens is 216 g/mol. The molecule has 1 aliphatic heterocycles. The van der Waals surface area contributed by atoms with E-state index in [1.807, 2.05) is 0 Å². The van der Waals surface area contributed by atoms with Gasteiger partial charge in [0.15, 0.2) is 0 Å². The summed E-state index contributed by atoms with van der Waals surface area (Å²) in [6.45, 7) is 4.87. The molecule has 6 heteroatoms. The van der Waals surface area contributed by atoms with Gasteiger partial charge in [-0.3, -0.25) is 0 Å². The normalized spacial score (nSPS) is 24.3. The van der Waals surface area contributed by atoms with Gasteiger partial charge in [-0.25, -0.2) is 13.1 Å². The third-order valence-electron chi connectivity index (χ3n) is 2.63. The molecule has 5 nitrogen and oxygen atoms in total. The molecule has 1 saturated heterocycles. The van der Waals surface area contributed by atoms with Crippen LogP contribution in [-0.2, 0) is 14.8 Å². The van der Waals surface area contributed by atoms with Crippen molar-refractivity contribution >= 4 is 10.0 Å². The van der Waals surface area contributed by atoms with E-state index >= 15 is 0 Å². The fourth-order valence-corrected chi connectivity index (χ4v) is 2.12. The summed E-state index contributed by atoms with van der Waals surface area (Å²) in [6, 6.07) is 0.383. The molecule has 0 bridgehead atoms. The van der Waals surface area contributed by atoms with Crippen LogP contribution >= 0.6 is 0 Å². The highest BCUT2D eigenvalue weighted by atomic mass is 32.2. The fraction of sp³-hybridized carbons (Fsp3) is 1.00. The van der Waals surface area contributed by atoms with E-state index in [-0.39, 0.29) is 0 Å². The summed E-state index contributed by atoms with van der Waals surface area (Å²) in [7, 11) is -3.06. The second-order valence-electron chi connectivity index (χ2n) is 4.03. The molecule has 0 aliphatic carbocycles. The van der Waals surface area contributed by atoms with Gasteiger partial charge in [0.25, 0.3) is 0 Å². The van der Waals surface area contributed by atoms with Gasteiger partial charge in [-0.2, -0.15) is 0 Å². The molecule has 0 saturated carbocycles. The Morgan fingerprint density at radius 1 is 1.47 bits per heavy atom. The van der Waals surface area contributed by atoms with Gasteiger partial charge in [-0.05, 0) is 19.3 Å². The van der Waals surface area contributed by atoms with Gasteiger partial charge in [0.2, 0.25) is 10.0 Å². The Balaban J connectivity index is 2.09. The van der Waals surface area contributed by atoms with Crippen LogP contribution in [0.1, 0.15) is 13.3 Å². The van der Waals surface area contributed by atoms with Crippen molar-refractivity contribution in [1.29, 1.82) is 0 Å². The number of rotatable bonds is 6. The van der Waals surface area contributed by atoms with Crippen LogP contribution in [0.15, 0.2) is 0 Å². The Morgan fingerprint density at radius 2 is 2.20 bits per heavy atom. The molecule has 15 heavy (non-hydrogen) atoms. The second kappa shape index (κ2) is 5.79. The average molecular weight is 236 g/mol. The van der Waals surface area contributed by atoms with Gasteiger partial charge in [0, 0.05) is 25.7 Å². The molecule has 1 heterocycles. The monoisotopic (exact) mass is 236 g/mol. The molecule has 1 aliphatic rings. The van der Waals surface area contributed by atoms with Crippen molar-refractivity contribution in [2.75, 3.05) is 32.6 Å². The summed E-state index contributed by atoms with van der Waals surface area (Å²) in [5.41, 5.74) is 0. The lowest BCUT2D eigenvalue weighted by Crippen LogP contribution is -2.39. The quantitative estimate of drug-likeness (QED) is 0.613. The van der Waals surface area contributed by atoms with Crippen LogP contribution in [0.25, 0.3) is 0 Å². The Hall–Kier alpha value is -0.170. The molecule has 0 amide bonds. The summed E-state index contributed by atoms with van der Waals surface area (Å²) < 4.78 is 29.3. The first-order valence-corrected chi connectivity index (χ1v) is 7.14. The van der Waals surface area contributed by atoms with E-state index in [1.54, 1.807) is 0 Å². The van der Waals surface area contributed by atoms with E-state index in [1.165, 1.54) is 6.26 Å². The number of ether oxygens (including phenoxy) is 1. The summed E-state index contributed by atoms with van der Waals surface area (Å²) >= 11 is 0. The minimum absolute atomic E-state index is 0.383. The number of sulfonamides is 1. The topological polar surface area (TPSA) is 67.4 Å². The van der Waals surface area contributed by atoms with Crippen LogP contribution in [0.5, 0.6) is 0 Å². The summed E-state index contributed by atoms with van der Waals surface area (Å²) in [5, 5.41) is 3.29. The van der Waals surface area contributed by atoms with E-state index < -0.39 is 10.0 Å².